The Labute approximate surface area is 107 Å². The van der Waals surface area contributed by atoms with Gasteiger partial charge in [-0.3, -0.25) is 11.3 Å². The summed E-state index contributed by atoms with van der Waals surface area (Å²) in [4.78, 5) is 0. The van der Waals surface area contributed by atoms with Crippen LogP contribution >= 0.6 is 0 Å². The van der Waals surface area contributed by atoms with Crippen LogP contribution in [0.2, 0.25) is 0 Å². The van der Waals surface area contributed by atoms with Crippen LogP contribution in [0.25, 0.3) is 0 Å². The third kappa shape index (κ3) is 4.44. The summed E-state index contributed by atoms with van der Waals surface area (Å²) in [6.07, 6.45) is 7.52. The molecule has 17 heavy (non-hydrogen) atoms. The fraction of sp³-hybridized carbons (Fsp3) is 0.867. The van der Waals surface area contributed by atoms with Crippen LogP contribution in [0, 0.1) is 17.8 Å². The average Bonchev–Trinajstić information content (AvgIpc) is 2.35. The summed E-state index contributed by atoms with van der Waals surface area (Å²) in [6.45, 7) is 11.0. The molecule has 2 nitrogen and oxygen atoms in total. The second kappa shape index (κ2) is 7.17. The molecule has 1 unspecified atom stereocenters. The van der Waals surface area contributed by atoms with Crippen molar-refractivity contribution in [1.82, 2.24) is 5.43 Å². The minimum absolute atomic E-state index is 0.440. The van der Waals surface area contributed by atoms with Crippen molar-refractivity contribution in [3.63, 3.8) is 0 Å². The van der Waals surface area contributed by atoms with Crippen molar-refractivity contribution in [2.45, 2.75) is 65.3 Å². The van der Waals surface area contributed by atoms with Gasteiger partial charge in [-0.25, -0.2) is 0 Å². The highest BCUT2D eigenvalue weighted by Crippen LogP contribution is 2.35. The summed E-state index contributed by atoms with van der Waals surface area (Å²) in [7, 11) is 0. The van der Waals surface area contributed by atoms with Crippen LogP contribution in [-0.2, 0) is 0 Å². The van der Waals surface area contributed by atoms with Crippen molar-refractivity contribution in [2.24, 2.45) is 23.6 Å². The number of rotatable bonds is 6. The Bertz CT molecular complexity index is 227. The molecule has 0 aromatic carbocycles. The molecule has 0 aromatic rings. The molecular formula is C15H30N2. The molecule has 0 aliphatic heterocycles. The molecular weight excluding hydrogens is 208 g/mol. The average molecular weight is 238 g/mol. The van der Waals surface area contributed by atoms with Crippen LogP contribution in [0.3, 0.4) is 0 Å². The highest BCUT2D eigenvalue weighted by Gasteiger charge is 2.28. The maximum Gasteiger partial charge on any atom is 0.0275 e. The van der Waals surface area contributed by atoms with Gasteiger partial charge >= 0.3 is 0 Å². The standard InChI is InChI=1S/C15H30N2/c1-5-12(4)10-15(17-16)14-8-6-13(7-9-14)11(2)3/h11,13-15,17H,4-10,16H2,1-3H3. The van der Waals surface area contributed by atoms with Gasteiger partial charge in [0.25, 0.3) is 0 Å². The van der Waals surface area contributed by atoms with Crippen LogP contribution in [0.5, 0.6) is 0 Å². The molecule has 1 aliphatic carbocycles. The van der Waals surface area contributed by atoms with Gasteiger partial charge in [0.15, 0.2) is 0 Å². The Balaban J connectivity index is 2.42. The van der Waals surface area contributed by atoms with Crippen molar-refractivity contribution >= 4 is 0 Å². The first-order valence-corrected chi connectivity index (χ1v) is 7.21. The van der Waals surface area contributed by atoms with Gasteiger partial charge in [0.1, 0.15) is 0 Å². The van der Waals surface area contributed by atoms with Crippen LogP contribution in [0.1, 0.15) is 59.3 Å². The quantitative estimate of drug-likeness (QED) is 0.421. The van der Waals surface area contributed by atoms with Crippen LogP contribution in [0.15, 0.2) is 12.2 Å². The monoisotopic (exact) mass is 238 g/mol. The van der Waals surface area contributed by atoms with E-state index in [1.54, 1.807) is 0 Å². The first-order chi connectivity index (χ1) is 8.08. The van der Waals surface area contributed by atoms with Crippen molar-refractivity contribution < 1.29 is 0 Å². The van der Waals surface area contributed by atoms with E-state index in [9.17, 15) is 0 Å². The first kappa shape index (κ1) is 14.7. The fourth-order valence-corrected chi connectivity index (χ4v) is 3.03. The smallest absolute Gasteiger partial charge is 0.0275 e. The summed E-state index contributed by atoms with van der Waals surface area (Å²) >= 11 is 0. The van der Waals surface area contributed by atoms with Gasteiger partial charge < -0.3 is 0 Å². The maximum atomic E-state index is 5.71. The van der Waals surface area contributed by atoms with Crippen molar-refractivity contribution in [2.75, 3.05) is 0 Å². The molecule has 1 fully saturated rings. The normalized spacial score (nSPS) is 27.1. The lowest BCUT2D eigenvalue weighted by atomic mass is 9.73. The molecule has 0 amide bonds. The summed E-state index contributed by atoms with van der Waals surface area (Å²) in [5.41, 5.74) is 4.34. The highest BCUT2D eigenvalue weighted by molar-refractivity contribution is 4.98. The van der Waals surface area contributed by atoms with E-state index >= 15 is 0 Å². The molecule has 1 atom stereocenters. The maximum absolute atomic E-state index is 5.71. The molecule has 0 aromatic heterocycles. The molecule has 1 saturated carbocycles. The zero-order chi connectivity index (χ0) is 12.8. The first-order valence-electron chi connectivity index (χ1n) is 7.21. The third-order valence-electron chi connectivity index (χ3n) is 4.55. The van der Waals surface area contributed by atoms with E-state index in [1.807, 2.05) is 0 Å². The molecule has 0 heterocycles. The molecule has 100 valence electrons. The number of hydrogen-bond acceptors (Lipinski definition) is 2. The van der Waals surface area contributed by atoms with Crippen LogP contribution in [0.4, 0.5) is 0 Å². The Morgan fingerprint density at radius 3 is 2.18 bits per heavy atom. The Morgan fingerprint density at radius 2 is 1.76 bits per heavy atom. The van der Waals surface area contributed by atoms with Gasteiger partial charge in [-0.15, -0.1) is 0 Å². The van der Waals surface area contributed by atoms with Crippen molar-refractivity contribution in [1.29, 1.82) is 0 Å². The van der Waals surface area contributed by atoms with Gasteiger partial charge in [-0.05, 0) is 56.3 Å². The van der Waals surface area contributed by atoms with E-state index in [4.69, 9.17) is 5.84 Å². The zero-order valence-corrected chi connectivity index (χ0v) is 11.8. The number of nitrogens with one attached hydrogen (secondary N) is 1. The molecule has 3 N–H and O–H groups in total. The van der Waals surface area contributed by atoms with Crippen molar-refractivity contribution in [3.8, 4) is 0 Å². The number of hydrogen-bond donors (Lipinski definition) is 2. The third-order valence-corrected chi connectivity index (χ3v) is 4.55. The molecule has 0 spiro atoms. The Hall–Kier alpha value is -0.340. The Morgan fingerprint density at radius 1 is 1.24 bits per heavy atom. The topological polar surface area (TPSA) is 38.0 Å². The van der Waals surface area contributed by atoms with Gasteiger partial charge in [-0.1, -0.05) is 32.9 Å². The van der Waals surface area contributed by atoms with E-state index in [-0.39, 0.29) is 0 Å². The van der Waals surface area contributed by atoms with Crippen molar-refractivity contribution in [3.05, 3.63) is 12.2 Å². The molecule has 0 bridgehead atoms. The van der Waals surface area contributed by atoms with E-state index < -0.39 is 0 Å². The second-order valence-corrected chi connectivity index (χ2v) is 6.00. The fourth-order valence-electron chi connectivity index (χ4n) is 3.03. The van der Waals surface area contributed by atoms with E-state index in [1.165, 1.54) is 31.3 Å². The molecule has 2 heteroatoms. The van der Waals surface area contributed by atoms with Gasteiger partial charge in [0, 0.05) is 6.04 Å². The zero-order valence-electron chi connectivity index (χ0n) is 11.8. The van der Waals surface area contributed by atoms with E-state index in [0.29, 0.717) is 6.04 Å². The van der Waals surface area contributed by atoms with Crippen LogP contribution in [-0.4, -0.2) is 6.04 Å². The van der Waals surface area contributed by atoms with E-state index in [2.05, 4.69) is 32.8 Å². The predicted molar refractivity (Wildman–Crippen MR) is 75.4 cm³/mol. The lowest BCUT2D eigenvalue weighted by Gasteiger charge is -2.35. The van der Waals surface area contributed by atoms with E-state index in [0.717, 1.165) is 30.6 Å². The Kier molecular flexibility index (Phi) is 6.21. The largest absolute Gasteiger partial charge is 0.271 e. The minimum atomic E-state index is 0.440. The minimum Gasteiger partial charge on any atom is -0.271 e. The van der Waals surface area contributed by atoms with Crippen LogP contribution < -0.4 is 11.3 Å². The summed E-state index contributed by atoms with van der Waals surface area (Å²) in [5, 5.41) is 0. The highest BCUT2D eigenvalue weighted by atomic mass is 15.2. The summed E-state index contributed by atoms with van der Waals surface area (Å²) in [5.74, 6) is 8.23. The summed E-state index contributed by atoms with van der Waals surface area (Å²) < 4.78 is 0. The lowest BCUT2D eigenvalue weighted by molar-refractivity contribution is 0.188. The predicted octanol–water partition coefficient (Wildman–Crippen LogP) is 3.64. The molecule has 1 aliphatic rings. The van der Waals surface area contributed by atoms with Gasteiger partial charge in [0.2, 0.25) is 0 Å². The second-order valence-electron chi connectivity index (χ2n) is 6.00. The number of hydrazine groups is 1. The molecule has 0 saturated heterocycles. The van der Waals surface area contributed by atoms with Gasteiger partial charge in [0.05, 0.1) is 0 Å². The SMILES string of the molecule is C=C(CC)CC(NN)C1CCC(C(C)C)CC1. The lowest BCUT2D eigenvalue weighted by Crippen LogP contribution is -2.42. The number of nitrogens with two attached hydrogens (primary N) is 1. The molecule has 1 rings (SSSR count). The molecule has 0 radical (unpaired) electrons. The van der Waals surface area contributed by atoms with Gasteiger partial charge in [-0.2, -0.15) is 0 Å². The summed E-state index contributed by atoms with van der Waals surface area (Å²) in [6, 6.07) is 0.440.